The number of nitrogens with zero attached hydrogens (tertiary/aromatic N) is 4. The second-order valence-corrected chi connectivity index (χ2v) is 10.2. The topological polar surface area (TPSA) is 68.1 Å². The first kappa shape index (κ1) is 22.2. The third-order valence-electron chi connectivity index (χ3n) is 5.67. The summed E-state index contributed by atoms with van der Waals surface area (Å²) in [5.74, 6) is 0.0364. The molecule has 0 atom stereocenters. The predicted octanol–water partition coefficient (Wildman–Crippen LogP) is 4.10. The van der Waals surface area contributed by atoms with Gasteiger partial charge in [0.25, 0.3) is 0 Å². The Kier molecular flexibility index (Phi) is 6.67. The molecule has 0 N–H and O–H groups in total. The van der Waals surface area contributed by atoms with Crippen molar-refractivity contribution in [2.45, 2.75) is 38.1 Å². The highest BCUT2D eigenvalue weighted by Gasteiger charge is 2.22. The van der Waals surface area contributed by atoms with Crippen LogP contribution < -0.4 is 0 Å². The lowest BCUT2D eigenvalue weighted by Crippen LogP contribution is -2.22. The molecular formula is C25H28N4O2S. The zero-order chi connectivity index (χ0) is 22.6. The Morgan fingerprint density at radius 2 is 1.78 bits per heavy atom. The third kappa shape index (κ3) is 4.89. The molecule has 0 bridgehead atoms. The average molecular weight is 449 g/mol. The molecule has 0 radical (unpaired) electrons. The summed E-state index contributed by atoms with van der Waals surface area (Å²) in [6, 6.07) is 18.4. The van der Waals surface area contributed by atoms with Crippen molar-refractivity contribution in [3.63, 3.8) is 0 Å². The molecule has 6 nitrogen and oxygen atoms in total. The minimum Gasteiger partial charge on any atom is -0.317 e. The Bertz CT molecular complexity index is 1290. The van der Waals surface area contributed by atoms with Gasteiger partial charge in [-0.05, 0) is 36.0 Å². The third-order valence-corrected chi connectivity index (χ3v) is 7.31. The smallest absolute Gasteiger partial charge is 0.227 e. The summed E-state index contributed by atoms with van der Waals surface area (Å²) in [5.41, 5.74) is 3.28. The number of sulfone groups is 1. The molecular weight excluding hydrogens is 420 g/mol. The zero-order valence-corrected chi connectivity index (χ0v) is 19.3. The van der Waals surface area contributed by atoms with Crippen LogP contribution in [-0.2, 0) is 35.9 Å². The number of aryl methyl sites for hydroxylation is 1. The van der Waals surface area contributed by atoms with Gasteiger partial charge in [-0.25, -0.2) is 13.4 Å². The molecule has 2 aromatic carbocycles. The van der Waals surface area contributed by atoms with Crippen molar-refractivity contribution < 1.29 is 8.42 Å². The lowest BCUT2D eigenvalue weighted by Gasteiger charge is -2.20. The van der Waals surface area contributed by atoms with Crippen molar-refractivity contribution in [3.05, 3.63) is 90.0 Å². The van der Waals surface area contributed by atoms with Crippen LogP contribution in [0.2, 0.25) is 0 Å². The van der Waals surface area contributed by atoms with Crippen molar-refractivity contribution >= 4 is 20.6 Å². The molecule has 32 heavy (non-hydrogen) atoms. The molecule has 0 fully saturated rings. The van der Waals surface area contributed by atoms with Crippen LogP contribution in [-0.4, -0.2) is 40.7 Å². The fraction of sp³-hybridized carbons (Fsp3) is 0.280. The van der Waals surface area contributed by atoms with E-state index in [1.807, 2.05) is 54.3 Å². The maximum absolute atomic E-state index is 12.7. The quantitative estimate of drug-likeness (QED) is 0.386. The van der Waals surface area contributed by atoms with E-state index in [-0.39, 0.29) is 10.9 Å². The summed E-state index contributed by atoms with van der Waals surface area (Å²) in [7, 11) is -1.37. The maximum Gasteiger partial charge on any atom is 0.227 e. The van der Waals surface area contributed by atoms with Gasteiger partial charge in [-0.2, -0.15) is 0 Å². The highest BCUT2D eigenvalue weighted by Crippen LogP contribution is 2.21. The van der Waals surface area contributed by atoms with E-state index >= 15 is 0 Å². The number of hydrogen-bond donors (Lipinski definition) is 0. The molecule has 0 aliphatic rings. The Morgan fingerprint density at radius 3 is 2.56 bits per heavy atom. The summed E-state index contributed by atoms with van der Waals surface area (Å²) in [5, 5.41) is 2.46. The molecule has 0 unspecified atom stereocenters. The molecule has 0 aliphatic carbocycles. The van der Waals surface area contributed by atoms with Crippen molar-refractivity contribution in [2.24, 2.45) is 0 Å². The number of imidazole rings is 1. The highest BCUT2D eigenvalue weighted by atomic mass is 32.2. The van der Waals surface area contributed by atoms with Gasteiger partial charge in [0, 0.05) is 37.4 Å². The van der Waals surface area contributed by atoms with Crippen LogP contribution in [0.25, 0.3) is 10.8 Å². The summed E-state index contributed by atoms with van der Waals surface area (Å²) in [4.78, 5) is 10.7. The zero-order valence-electron chi connectivity index (χ0n) is 18.5. The van der Waals surface area contributed by atoms with E-state index < -0.39 is 9.84 Å². The van der Waals surface area contributed by atoms with E-state index in [4.69, 9.17) is 0 Å². The van der Waals surface area contributed by atoms with Crippen LogP contribution in [0.3, 0.4) is 0 Å². The van der Waals surface area contributed by atoms with Gasteiger partial charge in [0.2, 0.25) is 15.0 Å². The van der Waals surface area contributed by atoms with Crippen LogP contribution >= 0.6 is 0 Å². The van der Waals surface area contributed by atoms with E-state index in [2.05, 4.69) is 39.1 Å². The van der Waals surface area contributed by atoms with Gasteiger partial charge in [0.1, 0.15) is 0 Å². The first-order valence-corrected chi connectivity index (χ1v) is 12.4. The molecule has 0 saturated heterocycles. The average Bonchev–Trinajstić information content (AvgIpc) is 3.21. The van der Waals surface area contributed by atoms with E-state index in [1.165, 1.54) is 16.5 Å². The highest BCUT2D eigenvalue weighted by molar-refractivity contribution is 7.91. The molecule has 166 valence electrons. The molecule has 2 aromatic heterocycles. The van der Waals surface area contributed by atoms with Gasteiger partial charge in [-0.3, -0.25) is 9.88 Å². The molecule has 4 rings (SSSR count). The minimum atomic E-state index is -3.41. The fourth-order valence-electron chi connectivity index (χ4n) is 3.97. The van der Waals surface area contributed by atoms with Crippen LogP contribution in [0.4, 0.5) is 0 Å². The first-order valence-electron chi connectivity index (χ1n) is 10.8. The molecule has 0 saturated carbocycles. The van der Waals surface area contributed by atoms with Gasteiger partial charge < -0.3 is 4.57 Å². The lowest BCUT2D eigenvalue weighted by atomic mass is 10.1. The molecule has 4 aromatic rings. The Morgan fingerprint density at radius 1 is 0.969 bits per heavy atom. The number of hydrogen-bond acceptors (Lipinski definition) is 5. The molecule has 0 spiro atoms. The van der Waals surface area contributed by atoms with E-state index in [1.54, 1.807) is 13.1 Å². The van der Waals surface area contributed by atoms with Crippen LogP contribution in [0.1, 0.15) is 23.7 Å². The Labute approximate surface area is 189 Å². The van der Waals surface area contributed by atoms with Crippen molar-refractivity contribution in [3.8, 4) is 0 Å². The number of pyridine rings is 1. The fourth-order valence-corrected chi connectivity index (χ4v) is 4.99. The van der Waals surface area contributed by atoms with Gasteiger partial charge in [-0.15, -0.1) is 0 Å². The van der Waals surface area contributed by atoms with Gasteiger partial charge in [-0.1, -0.05) is 55.5 Å². The number of aromatic nitrogens is 3. The maximum atomic E-state index is 12.7. The molecule has 2 heterocycles. The summed E-state index contributed by atoms with van der Waals surface area (Å²) in [6.07, 6.45) is 6.14. The van der Waals surface area contributed by atoms with Gasteiger partial charge >= 0.3 is 0 Å². The Balaban J connectivity index is 1.58. The second-order valence-electron chi connectivity index (χ2n) is 8.01. The summed E-state index contributed by atoms with van der Waals surface area (Å²) < 4.78 is 27.2. The standard InChI is InChI=1S/C25H28N4O2S/c1-3-32(30,31)25-27-17-23(29(25)15-13-20-8-5-4-6-9-20)19-28(2)18-22-11-7-10-21-16-26-14-12-24(21)22/h4-12,14,16-17H,3,13,15,18-19H2,1-2H3. The number of rotatable bonds is 9. The Hall–Kier alpha value is -3.03. The second kappa shape index (κ2) is 9.63. The monoisotopic (exact) mass is 448 g/mol. The number of benzene rings is 2. The molecule has 0 amide bonds. The van der Waals surface area contributed by atoms with E-state index in [9.17, 15) is 8.42 Å². The molecule has 0 aliphatic heterocycles. The minimum absolute atomic E-state index is 0.0364. The summed E-state index contributed by atoms with van der Waals surface area (Å²) in [6.45, 7) is 3.57. The van der Waals surface area contributed by atoms with Gasteiger partial charge in [0.05, 0.1) is 17.6 Å². The van der Waals surface area contributed by atoms with Crippen molar-refractivity contribution in [2.75, 3.05) is 12.8 Å². The normalized spacial score (nSPS) is 12.0. The van der Waals surface area contributed by atoms with Gasteiger partial charge in [0.15, 0.2) is 0 Å². The van der Waals surface area contributed by atoms with Crippen LogP contribution in [0, 0.1) is 0 Å². The SMILES string of the molecule is CCS(=O)(=O)c1ncc(CN(C)Cc2cccc3cnccc23)n1CCc1ccccc1. The summed E-state index contributed by atoms with van der Waals surface area (Å²) >= 11 is 0. The van der Waals surface area contributed by atoms with Crippen molar-refractivity contribution in [1.82, 2.24) is 19.4 Å². The lowest BCUT2D eigenvalue weighted by molar-refractivity contribution is 0.308. The predicted molar refractivity (Wildman–Crippen MR) is 127 cm³/mol. The van der Waals surface area contributed by atoms with Crippen LogP contribution in [0.5, 0.6) is 0 Å². The van der Waals surface area contributed by atoms with Crippen LogP contribution in [0.15, 0.2) is 78.3 Å². The van der Waals surface area contributed by atoms with E-state index in [0.717, 1.165) is 24.0 Å². The first-order chi connectivity index (χ1) is 15.5. The van der Waals surface area contributed by atoms with E-state index in [0.29, 0.717) is 13.1 Å². The number of fused-ring (bicyclic) bond motifs is 1. The van der Waals surface area contributed by atoms with Crippen molar-refractivity contribution in [1.29, 1.82) is 0 Å². The largest absolute Gasteiger partial charge is 0.317 e. The molecule has 7 heteroatoms.